The molecule has 2 rings (SSSR count). The fraction of sp³-hybridized carbons (Fsp3) is 0.385. The summed E-state index contributed by atoms with van der Waals surface area (Å²) in [6.07, 6.45) is 1.73. The van der Waals surface area contributed by atoms with Crippen LogP contribution in [-0.4, -0.2) is 21.3 Å². The van der Waals surface area contributed by atoms with E-state index in [2.05, 4.69) is 46.7 Å². The first-order chi connectivity index (χ1) is 8.79. The van der Waals surface area contributed by atoms with Crippen LogP contribution in [0.25, 0.3) is 0 Å². The summed E-state index contributed by atoms with van der Waals surface area (Å²) in [5.41, 5.74) is 1.32. The van der Waals surface area contributed by atoms with Crippen LogP contribution in [0.15, 0.2) is 35.5 Å². The number of thioether (sulfide) groups is 1. The molecule has 0 amide bonds. The largest absolute Gasteiger partial charge is 0.320 e. The predicted molar refractivity (Wildman–Crippen MR) is 74.4 cm³/mol. The normalized spacial score (nSPS) is 10.8. The first kappa shape index (κ1) is 13.1. The van der Waals surface area contributed by atoms with Crippen LogP contribution in [0.2, 0.25) is 0 Å². The molecule has 0 fully saturated rings. The molecule has 0 spiro atoms. The van der Waals surface area contributed by atoms with Gasteiger partial charge in [0.25, 0.3) is 0 Å². The molecular weight excluding hydrogens is 244 g/mol. The summed E-state index contributed by atoms with van der Waals surface area (Å²) >= 11 is 1.78. The molecule has 4 nitrogen and oxygen atoms in total. The summed E-state index contributed by atoms with van der Waals surface area (Å²) in [5.74, 6) is 1.85. The third-order valence-electron chi connectivity index (χ3n) is 2.68. The van der Waals surface area contributed by atoms with Gasteiger partial charge >= 0.3 is 0 Å². The van der Waals surface area contributed by atoms with E-state index in [4.69, 9.17) is 0 Å². The Morgan fingerprint density at radius 1 is 1.28 bits per heavy atom. The number of benzene rings is 1. The molecule has 0 bridgehead atoms. The number of aryl methyl sites for hydroxylation is 1. The molecule has 1 aromatic heterocycles. The molecule has 0 saturated carbocycles. The Morgan fingerprint density at radius 2 is 2.06 bits per heavy atom. The van der Waals surface area contributed by atoms with Gasteiger partial charge in [0.05, 0.1) is 5.75 Å². The maximum Gasteiger partial charge on any atom is 0.142 e. The SMILES string of the molecule is CCNCc1ccc(SCc2nncn2C)cc1. The number of aromatic nitrogens is 3. The monoisotopic (exact) mass is 262 g/mol. The minimum Gasteiger partial charge on any atom is -0.320 e. The van der Waals surface area contributed by atoms with Crippen LogP contribution in [0.3, 0.4) is 0 Å². The van der Waals surface area contributed by atoms with Crippen LogP contribution in [-0.2, 0) is 19.3 Å². The van der Waals surface area contributed by atoms with Gasteiger partial charge in [-0.2, -0.15) is 0 Å². The molecule has 0 aliphatic heterocycles. The average molecular weight is 262 g/mol. The molecule has 2 aromatic rings. The zero-order valence-electron chi connectivity index (χ0n) is 10.8. The van der Waals surface area contributed by atoms with Gasteiger partial charge in [0.15, 0.2) is 0 Å². The van der Waals surface area contributed by atoms with Crippen LogP contribution < -0.4 is 5.32 Å². The van der Waals surface area contributed by atoms with Gasteiger partial charge in [-0.05, 0) is 24.2 Å². The highest BCUT2D eigenvalue weighted by molar-refractivity contribution is 7.98. The van der Waals surface area contributed by atoms with E-state index in [0.717, 1.165) is 24.7 Å². The Kier molecular flexibility index (Phi) is 4.78. The molecule has 1 N–H and O–H groups in total. The third kappa shape index (κ3) is 3.58. The first-order valence-electron chi connectivity index (χ1n) is 6.05. The Hall–Kier alpha value is -1.33. The summed E-state index contributed by atoms with van der Waals surface area (Å²) in [5, 5.41) is 11.3. The van der Waals surface area contributed by atoms with Gasteiger partial charge in [0.2, 0.25) is 0 Å². The fourth-order valence-electron chi connectivity index (χ4n) is 1.56. The van der Waals surface area contributed by atoms with E-state index >= 15 is 0 Å². The second-order valence-corrected chi connectivity index (χ2v) is 5.12. The quantitative estimate of drug-likeness (QED) is 0.811. The van der Waals surface area contributed by atoms with Crippen LogP contribution in [0.5, 0.6) is 0 Å². The van der Waals surface area contributed by atoms with Gasteiger partial charge in [-0.3, -0.25) is 0 Å². The van der Waals surface area contributed by atoms with Crippen molar-refractivity contribution in [3.63, 3.8) is 0 Å². The van der Waals surface area contributed by atoms with Crippen molar-refractivity contribution in [3.05, 3.63) is 42.0 Å². The maximum absolute atomic E-state index is 4.07. The van der Waals surface area contributed by atoms with Crippen molar-refractivity contribution in [1.29, 1.82) is 0 Å². The lowest BCUT2D eigenvalue weighted by atomic mass is 10.2. The molecule has 0 unspecified atom stereocenters. The van der Waals surface area contributed by atoms with Crippen molar-refractivity contribution in [2.75, 3.05) is 6.54 Å². The van der Waals surface area contributed by atoms with Crippen molar-refractivity contribution >= 4 is 11.8 Å². The van der Waals surface area contributed by atoms with Crippen LogP contribution >= 0.6 is 11.8 Å². The lowest BCUT2D eigenvalue weighted by Gasteiger charge is -2.04. The minimum atomic E-state index is 0.850. The Balaban J connectivity index is 1.88. The second kappa shape index (κ2) is 6.56. The number of nitrogens with one attached hydrogen (secondary N) is 1. The molecular formula is C13H18N4S. The van der Waals surface area contributed by atoms with Crippen LogP contribution in [0, 0.1) is 0 Å². The standard InChI is InChI=1S/C13H18N4S/c1-3-14-8-11-4-6-12(7-5-11)18-9-13-16-15-10-17(13)2/h4-7,10,14H,3,8-9H2,1-2H3. The summed E-state index contributed by atoms with van der Waals surface area (Å²) < 4.78 is 1.95. The number of rotatable bonds is 6. The molecule has 96 valence electrons. The average Bonchev–Trinajstić information content (AvgIpc) is 2.81. The van der Waals surface area contributed by atoms with Crippen molar-refractivity contribution < 1.29 is 0 Å². The van der Waals surface area contributed by atoms with E-state index in [1.54, 1.807) is 18.1 Å². The summed E-state index contributed by atoms with van der Waals surface area (Å²) in [6.45, 7) is 4.05. The molecule has 1 aromatic carbocycles. The van der Waals surface area contributed by atoms with E-state index in [1.165, 1.54) is 10.5 Å². The number of nitrogens with zero attached hydrogens (tertiary/aromatic N) is 3. The molecule has 0 aliphatic rings. The van der Waals surface area contributed by atoms with Gasteiger partial charge in [0.1, 0.15) is 12.2 Å². The van der Waals surface area contributed by atoms with Crippen molar-refractivity contribution in [3.8, 4) is 0 Å². The minimum absolute atomic E-state index is 0.850. The van der Waals surface area contributed by atoms with Gasteiger partial charge in [0, 0.05) is 18.5 Å². The molecule has 0 radical (unpaired) electrons. The Morgan fingerprint density at radius 3 is 2.67 bits per heavy atom. The highest BCUT2D eigenvalue weighted by Gasteiger charge is 2.02. The molecule has 1 heterocycles. The summed E-state index contributed by atoms with van der Waals surface area (Å²) in [4.78, 5) is 1.26. The predicted octanol–water partition coefficient (Wildman–Crippen LogP) is 2.22. The molecule has 0 saturated heterocycles. The van der Waals surface area contributed by atoms with E-state index in [9.17, 15) is 0 Å². The Labute approximate surface area is 112 Å². The summed E-state index contributed by atoms with van der Waals surface area (Å²) in [7, 11) is 1.97. The van der Waals surface area contributed by atoms with E-state index < -0.39 is 0 Å². The highest BCUT2D eigenvalue weighted by Crippen LogP contribution is 2.21. The Bertz CT molecular complexity index is 478. The zero-order valence-corrected chi connectivity index (χ0v) is 11.6. The van der Waals surface area contributed by atoms with Gasteiger partial charge in [-0.15, -0.1) is 22.0 Å². The van der Waals surface area contributed by atoms with Crippen molar-refractivity contribution in [2.24, 2.45) is 7.05 Å². The fourth-order valence-corrected chi connectivity index (χ4v) is 2.44. The summed E-state index contributed by atoms with van der Waals surface area (Å²) in [6, 6.07) is 8.66. The van der Waals surface area contributed by atoms with Gasteiger partial charge in [-0.25, -0.2) is 0 Å². The van der Waals surface area contributed by atoms with E-state index in [-0.39, 0.29) is 0 Å². The van der Waals surface area contributed by atoms with Gasteiger partial charge < -0.3 is 9.88 Å². The first-order valence-corrected chi connectivity index (χ1v) is 7.03. The topological polar surface area (TPSA) is 42.7 Å². The van der Waals surface area contributed by atoms with E-state index in [0.29, 0.717) is 0 Å². The smallest absolute Gasteiger partial charge is 0.142 e. The number of hydrogen-bond donors (Lipinski definition) is 1. The lowest BCUT2D eigenvalue weighted by Crippen LogP contribution is -2.11. The lowest BCUT2D eigenvalue weighted by molar-refractivity contribution is 0.726. The molecule has 18 heavy (non-hydrogen) atoms. The van der Waals surface area contributed by atoms with Gasteiger partial charge in [-0.1, -0.05) is 19.1 Å². The highest BCUT2D eigenvalue weighted by atomic mass is 32.2. The van der Waals surface area contributed by atoms with Crippen molar-refractivity contribution in [2.45, 2.75) is 24.1 Å². The zero-order chi connectivity index (χ0) is 12.8. The second-order valence-electron chi connectivity index (χ2n) is 4.07. The third-order valence-corrected chi connectivity index (χ3v) is 3.68. The van der Waals surface area contributed by atoms with E-state index in [1.807, 2.05) is 11.6 Å². The molecule has 0 aliphatic carbocycles. The molecule has 0 atom stereocenters. The van der Waals surface area contributed by atoms with Crippen LogP contribution in [0.4, 0.5) is 0 Å². The number of hydrogen-bond acceptors (Lipinski definition) is 4. The van der Waals surface area contributed by atoms with Crippen molar-refractivity contribution in [1.82, 2.24) is 20.1 Å². The molecule has 5 heteroatoms. The van der Waals surface area contributed by atoms with Crippen LogP contribution in [0.1, 0.15) is 18.3 Å². The maximum atomic E-state index is 4.07.